The second-order valence-corrected chi connectivity index (χ2v) is 5.48. The van der Waals surface area contributed by atoms with Crippen molar-refractivity contribution in [1.82, 2.24) is 0 Å². The summed E-state index contributed by atoms with van der Waals surface area (Å²) in [5.41, 5.74) is 0. The number of hydrogen-bond donors (Lipinski definition) is 1. The third-order valence-corrected chi connectivity index (χ3v) is 3.57. The molecule has 94 valence electrons. The zero-order valence-electron chi connectivity index (χ0n) is 10.8. The number of carbonyl (C=O) groups is 1. The summed E-state index contributed by atoms with van der Waals surface area (Å²) in [4.78, 5) is 11.4. The SMILES string of the molecule is CC1CC[C@@H](C(C)C)C(OC(=O)C(C)O)C1. The highest BCUT2D eigenvalue weighted by Crippen LogP contribution is 2.35. The van der Waals surface area contributed by atoms with Gasteiger partial charge >= 0.3 is 5.97 Å². The molecule has 1 saturated carbocycles. The fraction of sp³-hybridized carbons (Fsp3) is 0.923. The van der Waals surface area contributed by atoms with Crippen molar-refractivity contribution in [2.45, 2.75) is 59.2 Å². The number of aliphatic hydroxyl groups excluding tert-OH is 1. The van der Waals surface area contributed by atoms with Crippen LogP contribution in [0.4, 0.5) is 0 Å². The average molecular weight is 228 g/mol. The molecular formula is C13H24O3. The van der Waals surface area contributed by atoms with E-state index in [4.69, 9.17) is 9.84 Å². The van der Waals surface area contributed by atoms with Crippen LogP contribution in [0.5, 0.6) is 0 Å². The van der Waals surface area contributed by atoms with E-state index in [0.29, 0.717) is 17.8 Å². The highest BCUT2D eigenvalue weighted by Gasteiger charge is 2.33. The van der Waals surface area contributed by atoms with Gasteiger partial charge in [-0.05, 0) is 37.5 Å². The maximum Gasteiger partial charge on any atom is 0.334 e. The van der Waals surface area contributed by atoms with Crippen LogP contribution >= 0.6 is 0 Å². The number of rotatable bonds is 3. The van der Waals surface area contributed by atoms with Gasteiger partial charge in [-0.2, -0.15) is 0 Å². The molecule has 0 spiro atoms. The summed E-state index contributed by atoms with van der Waals surface area (Å²) in [6.45, 7) is 7.99. The van der Waals surface area contributed by atoms with Crippen LogP contribution in [0.25, 0.3) is 0 Å². The van der Waals surface area contributed by atoms with Gasteiger partial charge in [0.1, 0.15) is 12.2 Å². The summed E-state index contributed by atoms with van der Waals surface area (Å²) in [6, 6.07) is 0. The summed E-state index contributed by atoms with van der Waals surface area (Å²) in [5, 5.41) is 9.17. The van der Waals surface area contributed by atoms with E-state index in [0.717, 1.165) is 12.8 Å². The number of ether oxygens (including phenoxy) is 1. The lowest BCUT2D eigenvalue weighted by molar-refractivity contribution is -0.164. The van der Waals surface area contributed by atoms with Crippen LogP contribution in [-0.4, -0.2) is 23.3 Å². The molecule has 0 aromatic heterocycles. The number of aliphatic hydroxyl groups is 1. The number of carbonyl (C=O) groups excluding carboxylic acids is 1. The molecule has 3 unspecified atom stereocenters. The fourth-order valence-electron chi connectivity index (χ4n) is 2.50. The molecule has 0 saturated heterocycles. The van der Waals surface area contributed by atoms with Crippen molar-refractivity contribution in [3.8, 4) is 0 Å². The van der Waals surface area contributed by atoms with E-state index in [1.165, 1.54) is 13.3 Å². The van der Waals surface area contributed by atoms with Gasteiger partial charge in [-0.3, -0.25) is 0 Å². The summed E-state index contributed by atoms with van der Waals surface area (Å²) in [6.07, 6.45) is 2.25. The Morgan fingerprint density at radius 1 is 1.31 bits per heavy atom. The van der Waals surface area contributed by atoms with Gasteiger partial charge in [0, 0.05) is 0 Å². The van der Waals surface area contributed by atoms with E-state index in [-0.39, 0.29) is 6.10 Å². The monoisotopic (exact) mass is 228 g/mol. The Morgan fingerprint density at radius 2 is 1.94 bits per heavy atom. The van der Waals surface area contributed by atoms with Crippen molar-refractivity contribution in [2.24, 2.45) is 17.8 Å². The van der Waals surface area contributed by atoms with E-state index in [1.54, 1.807) is 0 Å². The van der Waals surface area contributed by atoms with Gasteiger partial charge < -0.3 is 9.84 Å². The molecule has 3 nitrogen and oxygen atoms in total. The molecule has 0 heterocycles. The Morgan fingerprint density at radius 3 is 2.44 bits per heavy atom. The van der Waals surface area contributed by atoms with Crippen molar-refractivity contribution in [3.05, 3.63) is 0 Å². The Labute approximate surface area is 98.2 Å². The standard InChI is InChI=1S/C13H24O3/c1-8(2)11-6-5-9(3)7-12(11)16-13(15)10(4)14/h8-12,14H,5-7H2,1-4H3/t9?,10?,11-,12?/m0/s1. The Bertz CT molecular complexity index is 235. The summed E-state index contributed by atoms with van der Waals surface area (Å²) in [5.74, 6) is 1.10. The molecule has 16 heavy (non-hydrogen) atoms. The second kappa shape index (κ2) is 5.67. The van der Waals surface area contributed by atoms with Crippen molar-refractivity contribution < 1.29 is 14.6 Å². The van der Waals surface area contributed by atoms with Crippen LogP contribution in [0.1, 0.15) is 47.0 Å². The zero-order chi connectivity index (χ0) is 12.3. The van der Waals surface area contributed by atoms with E-state index < -0.39 is 12.1 Å². The Kier molecular flexibility index (Phi) is 4.78. The first kappa shape index (κ1) is 13.5. The minimum absolute atomic E-state index is 0.00847. The first-order chi connectivity index (χ1) is 7.41. The van der Waals surface area contributed by atoms with E-state index in [9.17, 15) is 4.79 Å². The van der Waals surface area contributed by atoms with Crippen molar-refractivity contribution in [2.75, 3.05) is 0 Å². The molecule has 0 amide bonds. The fourth-order valence-corrected chi connectivity index (χ4v) is 2.50. The van der Waals surface area contributed by atoms with Crippen LogP contribution in [0.3, 0.4) is 0 Å². The number of esters is 1. The quantitative estimate of drug-likeness (QED) is 0.754. The molecule has 0 bridgehead atoms. The summed E-state index contributed by atoms with van der Waals surface area (Å²) >= 11 is 0. The van der Waals surface area contributed by atoms with Gasteiger partial charge in [-0.25, -0.2) is 4.79 Å². The van der Waals surface area contributed by atoms with Gasteiger partial charge in [0.05, 0.1) is 0 Å². The number of hydrogen-bond acceptors (Lipinski definition) is 3. The van der Waals surface area contributed by atoms with Gasteiger partial charge in [0.2, 0.25) is 0 Å². The lowest BCUT2D eigenvalue weighted by Gasteiger charge is -2.36. The minimum atomic E-state index is -1.01. The molecule has 1 N–H and O–H groups in total. The topological polar surface area (TPSA) is 46.5 Å². The molecule has 0 aromatic carbocycles. The highest BCUT2D eigenvalue weighted by atomic mass is 16.6. The first-order valence-corrected chi connectivity index (χ1v) is 6.30. The van der Waals surface area contributed by atoms with E-state index >= 15 is 0 Å². The molecule has 0 radical (unpaired) electrons. The lowest BCUT2D eigenvalue weighted by atomic mass is 9.75. The normalized spacial score (nSPS) is 32.5. The smallest absolute Gasteiger partial charge is 0.334 e. The van der Waals surface area contributed by atoms with Gasteiger partial charge in [0.25, 0.3) is 0 Å². The Balaban J connectivity index is 2.61. The predicted octanol–water partition coefficient (Wildman–Crippen LogP) is 2.37. The van der Waals surface area contributed by atoms with Crippen molar-refractivity contribution in [1.29, 1.82) is 0 Å². The molecule has 4 atom stereocenters. The van der Waals surface area contributed by atoms with E-state index in [2.05, 4.69) is 20.8 Å². The second-order valence-electron chi connectivity index (χ2n) is 5.48. The zero-order valence-corrected chi connectivity index (χ0v) is 10.8. The molecule has 0 aliphatic heterocycles. The molecule has 1 rings (SSSR count). The summed E-state index contributed by atoms with van der Waals surface area (Å²) < 4.78 is 5.41. The van der Waals surface area contributed by atoms with Crippen LogP contribution in [0.2, 0.25) is 0 Å². The van der Waals surface area contributed by atoms with Gasteiger partial charge in [-0.1, -0.05) is 27.2 Å². The van der Waals surface area contributed by atoms with Crippen LogP contribution < -0.4 is 0 Å². The maximum atomic E-state index is 11.4. The van der Waals surface area contributed by atoms with Gasteiger partial charge in [-0.15, -0.1) is 0 Å². The highest BCUT2D eigenvalue weighted by molar-refractivity contribution is 5.74. The Hall–Kier alpha value is -0.570. The van der Waals surface area contributed by atoms with Crippen LogP contribution in [0.15, 0.2) is 0 Å². The van der Waals surface area contributed by atoms with Crippen LogP contribution in [0, 0.1) is 17.8 Å². The third-order valence-electron chi connectivity index (χ3n) is 3.57. The summed E-state index contributed by atoms with van der Waals surface area (Å²) in [7, 11) is 0. The van der Waals surface area contributed by atoms with Crippen LogP contribution in [-0.2, 0) is 9.53 Å². The third kappa shape index (κ3) is 3.48. The molecular weight excluding hydrogens is 204 g/mol. The van der Waals surface area contributed by atoms with Gasteiger partial charge in [0.15, 0.2) is 0 Å². The van der Waals surface area contributed by atoms with Crippen molar-refractivity contribution >= 4 is 5.97 Å². The van der Waals surface area contributed by atoms with E-state index in [1.807, 2.05) is 0 Å². The molecule has 1 aliphatic carbocycles. The van der Waals surface area contributed by atoms with Crippen molar-refractivity contribution in [3.63, 3.8) is 0 Å². The maximum absolute atomic E-state index is 11.4. The average Bonchev–Trinajstić information content (AvgIpc) is 2.16. The molecule has 1 aliphatic rings. The largest absolute Gasteiger partial charge is 0.460 e. The molecule has 1 fully saturated rings. The minimum Gasteiger partial charge on any atom is -0.460 e. The lowest BCUT2D eigenvalue weighted by Crippen LogP contribution is -2.37. The molecule has 0 aromatic rings. The first-order valence-electron chi connectivity index (χ1n) is 6.30. The molecule has 3 heteroatoms. The predicted molar refractivity (Wildman–Crippen MR) is 62.9 cm³/mol.